The molecular formula is C18H16N2O. The topological polar surface area (TPSA) is 49.9 Å². The molecule has 3 rings (SSSR count). The van der Waals surface area contributed by atoms with E-state index >= 15 is 0 Å². The van der Waals surface area contributed by atoms with Gasteiger partial charge in [-0.05, 0) is 12.6 Å². The molecule has 3 heteroatoms. The van der Waals surface area contributed by atoms with E-state index in [1.54, 1.807) is 0 Å². The van der Waals surface area contributed by atoms with E-state index in [0.29, 0.717) is 18.7 Å². The zero-order valence-corrected chi connectivity index (χ0v) is 11.6. The van der Waals surface area contributed by atoms with E-state index in [4.69, 9.17) is 9.83 Å². The van der Waals surface area contributed by atoms with Crippen molar-refractivity contribution in [1.82, 2.24) is 4.98 Å². The predicted molar refractivity (Wildman–Crippen MR) is 84.5 cm³/mol. The number of oxazole rings is 1. The minimum absolute atomic E-state index is 0.642. The molecular weight excluding hydrogens is 260 g/mol. The van der Waals surface area contributed by atoms with Gasteiger partial charge in [0.1, 0.15) is 5.69 Å². The molecule has 0 aliphatic rings. The van der Waals surface area contributed by atoms with E-state index in [1.807, 2.05) is 60.7 Å². The average Bonchev–Trinajstić information content (AvgIpc) is 2.99. The van der Waals surface area contributed by atoms with E-state index in [2.05, 4.69) is 4.98 Å². The fraction of sp³-hybridized carbons (Fsp3) is 0.111. The van der Waals surface area contributed by atoms with Gasteiger partial charge in [0.25, 0.3) is 0 Å². The second kappa shape index (κ2) is 6.18. The summed E-state index contributed by atoms with van der Waals surface area (Å²) < 4.78 is 5.94. The summed E-state index contributed by atoms with van der Waals surface area (Å²) in [4.78, 5) is 4.62. The van der Waals surface area contributed by atoms with Crippen LogP contribution in [0.15, 0.2) is 65.1 Å². The Morgan fingerprint density at radius 2 is 1.52 bits per heavy atom. The highest BCUT2D eigenvalue weighted by molar-refractivity contribution is 5.76. The Labute approximate surface area is 123 Å². The fourth-order valence-corrected chi connectivity index (χ4v) is 2.24. The highest BCUT2D eigenvalue weighted by Crippen LogP contribution is 2.32. The molecule has 1 heterocycles. The number of nitrogens with one attached hydrogen (secondary N) is 1. The molecule has 3 aromatic rings. The molecule has 0 amide bonds. The summed E-state index contributed by atoms with van der Waals surface area (Å²) in [6.45, 7) is 0. The van der Waals surface area contributed by atoms with Crippen molar-refractivity contribution in [3.05, 3.63) is 66.6 Å². The van der Waals surface area contributed by atoms with Crippen LogP contribution in [0, 0.1) is 5.41 Å². The van der Waals surface area contributed by atoms with Crippen LogP contribution >= 0.6 is 0 Å². The van der Waals surface area contributed by atoms with Crippen LogP contribution in [0.1, 0.15) is 12.3 Å². The first kappa shape index (κ1) is 13.3. The molecule has 1 aromatic heterocycles. The lowest BCUT2D eigenvalue weighted by Gasteiger charge is -2.00. The highest BCUT2D eigenvalue weighted by Gasteiger charge is 2.16. The van der Waals surface area contributed by atoms with Gasteiger partial charge in [-0.3, -0.25) is 0 Å². The zero-order valence-electron chi connectivity index (χ0n) is 11.6. The third kappa shape index (κ3) is 2.92. The van der Waals surface area contributed by atoms with Crippen molar-refractivity contribution in [2.24, 2.45) is 0 Å². The van der Waals surface area contributed by atoms with Gasteiger partial charge in [-0.1, -0.05) is 60.7 Å². The summed E-state index contributed by atoms with van der Waals surface area (Å²) in [5.74, 6) is 1.47. The number of aromatic nitrogens is 1. The second-order valence-electron chi connectivity index (χ2n) is 4.76. The van der Waals surface area contributed by atoms with Gasteiger partial charge in [-0.15, -0.1) is 0 Å². The largest absolute Gasteiger partial charge is 0.440 e. The van der Waals surface area contributed by atoms with Crippen molar-refractivity contribution >= 4 is 6.21 Å². The standard InChI is InChI=1S/C18H16N2O/c19-13-7-12-16-20-17(14-8-3-1-4-9-14)18(21-16)15-10-5-2-6-11-15/h1-6,8-11,13,19H,7,12H2. The molecule has 0 spiro atoms. The Morgan fingerprint density at radius 1 is 0.905 bits per heavy atom. The van der Waals surface area contributed by atoms with Crippen LogP contribution in [0.2, 0.25) is 0 Å². The van der Waals surface area contributed by atoms with Crippen molar-refractivity contribution < 1.29 is 4.42 Å². The van der Waals surface area contributed by atoms with Crippen LogP contribution in [0.25, 0.3) is 22.6 Å². The van der Waals surface area contributed by atoms with Crippen LogP contribution in [0.3, 0.4) is 0 Å². The van der Waals surface area contributed by atoms with E-state index in [0.717, 1.165) is 22.6 Å². The van der Waals surface area contributed by atoms with Gasteiger partial charge in [0.05, 0.1) is 0 Å². The second-order valence-corrected chi connectivity index (χ2v) is 4.76. The SMILES string of the molecule is N=CCCc1nc(-c2ccccc2)c(-c2ccccc2)o1. The van der Waals surface area contributed by atoms with Crippen LogP contribution < -0.4 is 0 Å². The molecule has 1 N–H and O–H groups in total. The number of nitrogens with zero attached hydrogens (tertiary/aromatic N) is 1. The van der Waals surface area contributed by atoms with E-state index < -0.39 is 0 Å². The normalized spacial score (nSPS) is 10.5. The lowest BCUT2D eigenvalue weighted by molar-refractivity contribution is 0.509. The summed E-state index contributed by atoms with van der Waals surface area (Å²) >= 11 is 0. The van der Waals surface area contributed by atoms with Gasteiger partial charge in [-0.2, -0.15) is 0 Å². The summed E-state index contributed by atoms with van der Waals surface area (Å²) in [6.07, 6.45) is 2.67. The third-order valence-corrected chi connectivity index (χ3v) is 3.26. The van der Waals surface area contributed by atoms with Crippen LogP contribution in [0.4, 0.5) is 0 Å². The first-order chi connectivity index (χ1) is 10.4. The molecule has 21 heavy (non-hydrogen) atoms. The summed E-state index contributed by atoms with van der Waals surface area (Å²) in [7, 11) is 0. The van der Waals surface area contributed by atoms with Crippen molar-refractivity contribution in [1.29, 1.82) is 5.41 Å². The molecule has 0 aliphatic carbocycles. The number of aryl methyl sites for hydroxylation is 1. The molecule has 0 aliphatic heterocycles. The Morgan fingerprint density at radius 3 is 2.14 bits per heavy atom. The lowest BCUT2D eigenvalue weighted by atomic mass is 10.1. The molecule has 0 bridgehead atoms. The number of rotatable bonds is 5. The van der Waals surface area contributed by atoms with Gasteiger partial charge in [0, 0.05) is 17.5 Å². The average molecular weight is 276 g/mol. The summed E-state index contributed by atoms with van der Waals surface area (Å²) in [5, 5.41) is 7.15. The molecule has 2 aromatic carbocycles. The van der Waals surface area contributed by atoms with E-state index in [1.165, 1.54) is 6.21 Å². The van der Waals surface area contributed by atoms with Gasteiger partial charge < -0.3 is 9.83 Å². The Balaban J connectivity index is 2.08. The maximum Gasteiger partial charge on any atom is 0.195 e. The molecule has 0 fully saturated rings. The first-order valence-electron chi connectivity index (χ1n) is 6.98. The number of benzene rings is 2. The molecule has 3 nitrogen and oxygen atoms in total. The maximum atomic E-state index is 7.15. The minimum Gasteiger partial charge on any atom is -0.440 e. The van der Waals surface area contributed by atoms with Gasteiger partial charge in [-0.25, -0.2) is 4.98 Å². The van der Waals surface area contributed by atoms with E-state index in [9.17, 15) is 0 Å². The van der Waals surface area contributed by atoms with Gasteiger partial charge in [0.2, 0.25) is 0 Å². The smallest absolute Gasteiger partial charge is 0.195 e. The summed E-state index contributed by atoms with van der Waals surface area (Å²) in [6, 6.07) is 20.1. The maximum absolute atomic E-state index is 7.15. The van der Waals surface area contributed by atoms with Crippen molar-refractivity contribution in [3.63, 3.8) is 0 Å². The molecule has 0 radical (unpaired) electrons. The lowest BCUT2D eigenvalue weighted by Crippen LogP contribution is -1.86. The predicted octanol–water partition coefficient (Wildman–Crippen LogP) is 4.59. The van der Waals surface area contributed by atoms with Crippen LogP contribution in [0.5, 0.6) is 0 Å². The minimum atomic E-state index is 0.642. The Hall–Kier alpha value is -2.68. The molecule has 0 saturated carbocycles. The number of hydrogen-bond acceptors (Lipinski definition) is 3. The van der Waals surface area contributed by atoms with Crippen LogP contribution in [-0.2, 0) is 6.42 Å². The first-order valence-corrected chi connectivity index (χ1v) is 6.98. The highest BCUT2D eigenvalue weighted by atomic mass is 16.4. The van der Waals surface area contributed by atoms with Gasteiger partial charge >= 0.3 is 0 Å². The van der Waals surface area contributed by atoms with Crippen molar-refractivity contribution in [2.75, 3.05) is 0 Å². The molecule has 0 saturated heterocycles. The van der Waals surface area contributed by atoms with E-state index in [-0.39, 0.29) is 0 Å². The quantitative estimate of drug-likeness (QED) is 0.693. The molecule has 0 atom stereocenters. The monoisotopic (exact) mass is 276 g/mol. The molecule has 104 valence electrons. The van der Waals surface area contributed by atoms with Gasteiger partial charge in [0.15, 0.2) is 11.7 Å². The third-order valence-electron chi connectivity index (χ3n) is 3.26. The zero-order chi connectivity index (χ0) is 14.5. The van der Waals surface area contributed by atoms with Crippen LogP contribution in [-0.4, -0.2) is 11.2 Å². The van der Waals surface area contributed by atoms with Crippen molar-refractivity contribution in [2.45, 2.75) is 12.8 Å². The Kier molecular flexibility index (Phi) is 3.92. The fourth-order valence-electron chi connectivity index (χ4n) is 2.24. The Bertz CT molecular complexity index is 660. The van der Waals surface area contributed by atoms with Crippen molar-refractivity contribution in [3.8, 4) is 22.6 Å². The summed E-state index contributed by atoms with van der Waals surface area (Å²) in [5.41, 5.74) is 2.92. The molecule has 0 unspecified atom stereocenters. The number of hydrogen-bond donors (Lipinski definition) is 1.